The molecule has 4 saturated carbocycles. The van der Waals surface area contributed by atoms with Crippen LogP contribution in [0.4, 0.5) is 0 Å². The molecule has 27 heavy (non-hydrogen) atoms. The highest BCUT2D eigenvalue weighted by Crippen LogP contribution is 2.67. The van der Waals surface area contributed by atoms with Crippen LogP contribution in [-0.4, -0.2) is 17.9 Å². The summed E-state index contributed by atoms with van der Waals surface area (Å²) in [6, 6.07) is 0. The molecule has 3 heteroatoms. The fraction of sp³-hybridized carbons (Fsp3) is 0.875. The number of carbonyl (C=O) groups is 3. The van der Waals surface area contributed by atoms with E-state index in [0.29, 0.717) is 60.4 Å². The third-order valence-corrected chi connectivity index (χ3v) is 9.79. The standard InChI is InChI=1S/C24H36O3/c1-15(5-4-12-25)18-6-7-19-22-20(9-11-24(18,19)3)23(2)10-8-17(26)13-16(23)14-21(22)27/h12,15-16,18-20,22H,4-11,13-14H2,1-3H3/t15-,16+,18-,19+,20+,22+,23+,24-/m1/s1. The number of rotatable bonds is 4. The first-order valence-electron chi connectivity index (χ1n) is 11.3. The lowest BCUT2D eigenvalue weighted by Gasteiger charge is -2.59. The van der Waals surface area contributed by atoms with Crippen molar-refractivity contribution in [1.29, 1.82) is 0 Å². The molecule has 0 aromatic heterocycles. The molecular formula is C24H36O3. The van der Waals surface area contributed by atoms with E-state index in [1.807, 2.05) is 0 Å². The maximum absolute atomic E-state index is 13.3. The van der Waals surface area contributed by atoms with E-state index in [2.05, 4.69) is 20.8 Å². The first kappa shape index (κ1) is 19.3. The second kappa shape index (κ2) is 6.81. The molecule has 4 aliphatic carbocycles. The molecule has 0 spiro atoms. The third-order valence-electron chi connectivity index (χ3n) is 9.79. The van der Waals surface area contributed by atoms with Crippen LogP contribution in [0.3, 0.4) is 0 Å². The molecule has 4 rings (SSSR count). The Morgan fingerprint density at radius 1 is 1.04 bits per heavy atom. The summed E-state index contributed by atoms with van der Waals surface area (Å²) in [6.45, 7) is 7.17. The van der Waals surface area contributed by atoms with Gasteiger partial charge in [0, 0.05) is 31.6 Å². The lowest BCUT2D eigenvalue weighted by molar-refractivity contribution is -0.159. The van der Waals surface area contributed by atoms with Gasteiger partial charge in [-0.25, -0.2) is 0 Å². The van der Waals surface area contributed by atoms with Gasteiger partial charge in [-0.15, -0.1) is 0 Å². The molecule has 150 valence electrons. The van der Waals surface area contributed by atoms with Gasteiger partial charge in [0.15, 0.2) is 0 Å². The molecule has 4 aliphatic rings. The Hall–Kier alpha value is -0.990. The zero-order chi connectivity index (χ0) is 19.4. The van der Waals surface area contributed by atoms with Crippen molar-refractivity contribution in [2.45, 2.75) is 85.0 Å². The number of Topliss-reactive ketones (excluding diaryl/α,β-unsaturated/α-hetero) is 2. The van der Waals surface area contributed by atoms with Crippen LogP contribution in [0.5, 0.6) is 0 Å². The molecule has 0 amide bonds. The van der Waals surface area contributed by atoms with Crippen LogP contribution < -0.4 is 0 Å². The SMILES string of the molecule is C[C@H](CCC=O)[C@H]1CC[C@H]2[C@@H]3C(=O)C[C@@H]4CC(=O)CC[C@]4(C)[C@H]3CC[C@]12C. The number of carbonyl (C=O) groups excluding carboxylic acids is 3. The third kappa shape index (κ3) is 2.86. The Morgan fingerprint density at radius 2 is 1.78 bits per heavy atom. The second-order valence-electron chi connectivity index (χ2n) is 10.8. The van der Waals surface area contributed by atoms with Crippen molar-refractivity contribution in [2.24, 2.45) is 46.3 Å². The topological polar surface area (TPSA) is 51.2 Å². The monoisotopic (exact) mass is 372 g/mol. The minimum Gasteiger partial charge on any atom is -0.303 e. The Labute approximate surface area is 164 Å². The average Bonchev–Trinajstić information content (AvgIpc) is 2.98. The van der Waals surface area contributed by atoms with E-state index in [1.165, 1.54) is 19.3 Å². The van der Waals surface area contributed by atoms with Gasteiger partial charge in [-0.3, -0.25) is 9.59 Å². The number of aldehydes is 1. The molecule has 3 nitrogen and oxygen atoms in total. The van der Waals surface area contributed by atoms with E-state index in [9.17, 15) is 14.4 Å². The second-order valence-corrected chi connectivity index (χ2v) is 10.8. The van der Waals surface area contributed by atoms with E-state index in [-0.39, 0.29) is 16.7 Å². The molecule has 0 radical (unpaired) electrons. The molecule has 0 aliphatic heterocycles. The Morgan fingerprint density at radius 3 is 2.52 bits per heavy atom. The van der Waals surface area contributed by atoms with Crippen molar-refractivity contribution < 1.29 is 14.4 Å². The molecule has 0 bridgehead atoms. The minimum absolute atomic E-state index is 0.190. The average molecular weight is 373 g/mol. The summed E-state index contributed by atoms with van der Waals surface area (Å²) in [4.78, 5) is 36.2. The van der Waals surface area contributed by atoms with E-state index >= 15 is 0 Å². The molecule has 0 saturated heterocycles. The summed E-state index contributed by atoms with van der Waals surface area (Å²) in [5.41, 5.74) is 0.446. The van der Waals surface area contributed by atoms with Gasteiger partial charge in [-0.1, -0.05) is 20.8 Å². The lowest BCUT2D eigenvalue weighted by Crippen LogP contribution is -2.57. The van der Waals surface area contributed by atoms with Crippen molar-refractivity contribution in [1.82, 2.24) is 0 Å². The fourth-order valence-corrected chi connectivity index (χ4v) is 8.23. The van der Waals surface area contributed by atoms with Gasteiger partial charge in [0.2, 0.25) is 0 Å². The summed E-state index contributed by atoms with van der Waals surface area (Å²) in [7, 11) is 0. The predicted octanol–water partition coefficient (Wildman–Crippen LogP) is 5.01. The molecule has 0 aromatic carbocycles. The van der Waals surface area contributed by atoms with Crippen LogP contribution in [0.1, 0.15) is 85.0 Å². The van der Waals surface area contributed by atoms with E-state index < -0.39 is 0 Å². The lowest BCUT2D eigenvalue weighted by atomic mass is 9.44. The summed E-state index contributed by atoms with van der Waals surface area (Å²) in [6.07, 6.45) is 10.5. The van der Waals surface area contributed by atoms with Crippen molar-refractivity contribution >= 4 is 17.9 Å². The van der Waals surface area contributed by atoms with Gasteiger partial charge in [0.1, 0.15) is 17.9 Å². The maximum Gasteiger partial charge on any atom is 0.136 e. The normalized spacial score (nSPS) is 47.7. The van der Waals surface area contributed by atoms with Crippen molar-refractivity contribution in [3.05, 3.63) is 0 Å². The number of hydrogen-bond acceptors (Lipinski definition) is 3. The van der Waals surface area contributed by atoms with E-state index in [4.69, 9.17) is 0 Å². The van der Waals surface area contributed by atoms with Gasteiger partial charge in [-0.05, 0) is 78.9 Å². The quantitative estimate of drug-likeness (QED) is 0.652. The number of fused-ring (bicyclic) bond motifs is 5. The zero-order valence-corrected chi connectivity index (χ0v) is 17.3. The van der Waals surface area contributed by atoms with Crippen LogP contribution in [-0.2, 0) is 14.4 Å². The van der Waals surface area contributed by atoms with Crippen molar-refractivity contribution in [3.8, 4) is 0 Å². The van der Waals surface area contributed by atoms with Gasteiger partial charge in [0.05, 0.1) is 0 Å². The molecule has 0 N–H and O–H groups in total. The Kier molecular flexibility index (Phi) is 4.88. The summed E-state index contributed by atoms with van der Waals surface area (Å²) in [5.74, 6) is 3.57. The zero-order valence-electron chi connectivity index (χ0n) is 17.3. The van der Waals surface area contributed by atoms with Crippen LogP contribution >= 0.6 is 0 Å². The molecular weight excluding hydrogens is 336 g/mol. The van der Waals surface area contributed by atoms with Crippen LogP contribution in [0.25, 0.3) is 0 Å². The minimum atomic E-state index is 0.190. The Bertz CT molecular complexity index is 640. The van der Waals surface area contributed by atoms with Gasteiger partial charge in [0.25, 0.3) is 0 Å². The highest BCUT2D eigenvalue weighted by molar-refractivity contribution is 5.86. The Balaban J connectivity index is 1.60. The smallest absolute Gasteiger partial charge is 0.136 e. The van der Waals surface area contributed by atoms with E-state index in [0.717, 1.165) is 32.0 Å². The first-order valence-corrected chi connectivity index (χ1v) is 11.3. The van der Waals surface area contributed by atoms with Crippen LogP contribution in [0.2, 0.25) is 0 Å². The van der Waals surface area contributed by atoms with Crippen LogP contribution in [0.15, 0.2) is 0 Å². The fourth-order valence-electron chi connectivity index (χ4n) is 8.23. The summed E-state index contributed by atoms with van der Waals surface area (Å²) >= 11 is 0. The largest absolute Gasteiger partial charge is 0.303 e. The van der Waals surface area contributed by atoms with Gasteiger partial charge >= 0.3 is 0 Å². The summed E-state index contributed by atoms with van der Waals surface area (Å²) in [5, 5.41) is 0. The molecule has 0 aromatic rings. The maximum atomic E-state index is 13.3. The van der Waals surface area contributed by atoms with Gasteiger partial charge < -0.3 is 4.79 Å². The van der Waals surface area contributed by atoms with Gasteiger partial charge in [-0.2, -0.15) is 0 Å². The molecule has 0 heterocycles. The highest BCUT2D eigenvalue weighted by Gasteiger charge is 2.62. The van der Waals surface area contributed by atoms with Crippen molar-refractivity contribution in [2.75, 3.05) is 0 Å². The predicted molar refractivity (Wildman–Crippen MR) is 105 cm³/mol. The first-order chi connectivity index (χ1) is 12.8. The van der Waals surface area contributed by atoms with Crippen molar-refractivity contribution in [3.63, 3.8) is 0 Å². The van der Waals surface area contributed by atoms with Crippen LogP contribution in [0, 0.1) is 46.3 Å². The summed E-state index contributed by atoms with van der Waals surface area (Å²) < 4.78 is 0. The molecule has 4 fully saturated rings. The molecule has 0 unspecified atom stereocenters. The van der Waals surface area contributed by atoms with E-state index in [1.54, 1.807) is 0 Å². The number of hydrogen-bond donors (Lipinski definition) is 0. The highest BCUT2D eigenvalue weighted by atomic mass is 16.1. The molecule has 8 atom stereocenters. The number of ketones is 2.